The van der Waals surface area contributed by atoms with Gasteiger partial charge in [-0.1, -0.05) is 25.4 Å². The highest BCUT2D eigenvalue weighted by Crippen LogP contribution is 2.21. The molecule has 0 spiro atoms. The number of ether oxygens (including phenoxy) is 1. The predicted molar refractivity (Wildman–Crippen MR) is 79.4 cm³/mol. The first-order valence-electron chi connectivity index (χ1n) is 6.57. The molecule has 2 rings (SSSR count). The van der Waals surface area contributed by atoms with E-state index in [4.69, 9.17) is 22.1 Å². The van der Waals surface area contributed by atoms with Crippen LogP contribution in [0.25, 0.3) is 11.0 Å². The van der Waals surface area contributed by atoms with Crippen LogP contribution in [0.3, 0.4) is 0 Å². The number of aromatic nitrogens is 2. The maximum absolute atomic E-state index is 5.95. The zero-order valence-electron chi connectivity index (χ0n) is 11.4. The minimum absolute atomic E-state index is 0.529. The Hall–Kier alpha value is -1.26. The second-order valence-corrected chi connectivity index (χ2v) is 5.51. The van der Waals surface area contributed by atoms with Crippen LogP contribution in [0.4, 0.5) is 5.95 Å². The molecule has 2 N–H and O–H groups in total. The molecule has 0 fully saturated rings. The summed E-state index contributed by atoms with van der Waals surface area (Å²) in [4.78, 5) is 4.32. The van der Waals surface area contributed by atoms with Crippen LogP contribution in [-0.4, -0.2) is 22.8 Å². The highest BCUT2D eigenvalue weighted by molar-refractivity contribution is 6.31. The van der Waals surface area contributed by atoms with Crippen LogP contribution in [0.15, 0.2) is 18.2 Å². The molecule has 0 atom stereocenters. The number of rotatable bonds is 6. The standard InChI is InChI=1S/C14H20ClN3O/c1-10(2)9-19-7-3-6-18-13-5-4-11(15)8-12(13)17-14(18)16/h4-5,8,10H,3,6-7,9H2,1-2H3,(H2,16,17). The third-order valence-electron chi connectivity index (χ3n) is 2.86. The van der Waals surface area contributed by atoms with Gasteiger partial charge in [-0.15, -0.1) is 0 Å². The summed E-state index contributed by atoms with van der Waals surface area (Å²) in [5.41, 5.74) is 7.79. The second-order valence-electron chi connectivity index (χ2n) is 5.08. The summed E-state index contributed by atoms with van der Waals surface area (Å²) in [7, 11) is 0. The Kier molecular flexibility index (Phi) is 4.66. The number of nitrogens with zero attached hydrogens (tertiary/aromatic N) is 2. The average molecular weight is 282 g/mol. The van der Waals surface area contributed by atoms with E-state index in [0.29, 0.717) is 16.9 Å². The lowest BCUT2D eigenvalue weighted by Crippen LogP contribution is -2.08. The molecule has 2 aromatic rings. The molecule has 0 bridgehead atoms. The molecule has 1 heterocycles. The van der Waals surface area contributed by atoms with Gasteiger partial charge in [-0.25, -0.2) is 4.98 Å². The minimum Gasteiger partial charge on any atom is -0.381 e. The number of hydrogen-bond acceptors (Lipinski definition) is 3. The van der Waals surface area contributed by atoms with E-state index in [9.17, 15) is 0 Å². The van der Waals surface area contributed by atoms with Crippen molar-refractivity contribution in [3.8, 4) is 0 Å². The fourth-order valence-corrected chi connectivity index (χ4v) is 2.17. The lowest BCUT2D eigenvalue weighted by Gasteiger charge is -2.08. The van der Waals surface area contributed by atoms with Gasteiger partial charge in [-0.3, -0.25) is 0 Å². The number of nitrogen functional groups attached to an aromatic ring is 1. The van der Waals surface area contributed by atoms with E-state index in [0.717, 1.165) is 37.2 Å². The van der Waals surface area contributed by atoms with E-state index in [1.165, 1.54) is 0 Å². The molecule has 0 aliphatic heterocycles. The molecule has 0 amide bonds. The molecule has 104 valence electrons. The van der Waals surface area contributed by atoms with E-state index in [2.05, 4.69) is 18.8 Å². The summed E-state index contributed by atoms with van der Waals surface area (Å²) in [6.45, 7) is 6.64. The number of anilines is 1. The monoisotopic (exact) mass is 281 g/mol. The van der Waals surface area contributed by atoms with Crippen LogP contribution in [0.5, 0.6) is 0 Å². The lowest BCUT2D eigenvalue weighted by atomic mass is 10.2. The highest BCUT2D eigenvalue weighted by atomic mass is 35.5. The third kappa shape index (κ3) is 3.61. The number of hydrogen-bond donors (Lipinski definition) is 1. The number of imidazole rings is 1. The zero-order valence-corrected chi connectivity index (χ0v) is 12.2. The molecule has 0 unspecified atom stereocenters. The Labute approximate surface area is 118 Å². The fourth-order valence-electron chi connectivity index (χ4n) is 2.00. The Bertz CT molecular complexity index is 551. The highest BCUT2D eigenvalue weighted by Gasteiger charge is 2.08. The van der Waals surface area contributed by atoms with E-state index in [1.54, 1.807) is 0 Å². The van der Waals surface area contributed by atoms with Gasteiger partial charge in [0, 0.05) is 24.8 Å². The summed E-state index contributed by atoms with van der Waals surface area (Å²) in [6, 6.07) is 5.64. The van der Waals surface area contributed by atoms with E-state index < -0.39 is 0 Å². The molecule has 0 saturated heterocycles. The van der Waals surface area contributed by atoms with Gasteiger partial charge in [0.15, 0.2) is 0 Å². The van der Waals surface area contributed by atoms with Crippen molar-refractivity contribution >= 4 is 28.6 Å². The molecule has 0 radical (unpaired) electrons. The Morgan fingerprint density at radius 1 is 1.42 bits per heavy atom. The molecular formula is C14H20ClN3O. The van der Waals surface area contributed by atoms with Gasteiger partial charge in [0.05, 0.1) is 11.0 Å². The van der Waals surface area contributed by atoms with Crippen LogP contribution in [0.2, 0.25) is 5.02 Å². The van der Waals surface area contributed by atoms with E-state index >= 15 is 0 Å². The van der Waals surface area contributed by atoms with Gasteiger partial charge in [0.25, 0.3) is 0 Å². The SMILES string of the molecule is CC(C)COCCCn1c(N)nc2cc(Cl)ccc21. The zero-order chi connectivity index (χ0) is 13.8. The van der Waals surface area contributed by atoms with Crippen molar-refractivity contribution in [1.82, 2.24) is 9.55 Å². The van der Waals surface area contributed by atoms with Gasteiger partial charge in [0.1, 0.15) is 0 Å². The Morgan fingerprint density at radius 3 is 2.95 bits per heavy atom. The fraction of sp³-hybridized carbons (Fsp3) is 0.500. The maximum atomic E-state index is 5.95. The summed E-state index contributed by atoms with van der Waals surface area (Å²) in [6.07, 6.45) is 0.922. The Balaban J connectivity index is 1.98. The van der Waals surface area contributed by atoms with Gasteiger partial charge in [-0.2, -0.15) is 0 Å². The van der Waals surface area contributed by atoms with Crippen molar-refractivity contribution in [2.45, 2.75) is 26.8 Å². The van der Waals surface area contributed by atoms with Crippen LogP contribution >= 0.6 is 11.6 Å². The van der Waals surface area contributed by atoms with Gasteiger partial charge in [-0.05, 0) is 30.5 Å². The van der Waals surface area contributed by atoms with E-state index in [1.807, 2.05) is 22.8 Å². The number of aryl methyl sites for hydroxylation is 1. The molecule has 19 heavy (non-hydrogen) atoms. The van der Waals surface area contributed by atoms with Gasteiger partial charge < -0.3 is 15.0 Å². The smallest absolute Gasteiger partial charge is 0.201 e. The normalized spacial score (nSPS) is 11.6. The van der Waals surface area contributed by atoms with Crippen molar-refractivity contribution in [3.63, 3.8) is 0 Å². The van der Waals surface area contributed by atoms with Crippen molar-refractivity contribution in [1.29, 1.82) is 0 Å². The topological polar surface area (TPSA) is 53.1 Å². The summed E-state index contributed by atoms with van der Waals surface area (Å²) >= 11 is 5.95. The third-order valence-corrected chi connectivity index (χ3v) is 3.10. The molecule has 0 saturated carbocycles. The first-order chi connectivity index (χ1) is 9.08. The molecule has 0 aliphatic carbocycles. The second kappa shape index (κ2) is 6.26. The van der Waals surface area contributed by atoms with Crippen molar-refractivity contribution in [2.24, 2.45) is 5.92 Å². The molecule has 0 aliphatic rings. The minimum atomic E-state index is 0.529. The summed E-state index contributed by atoms with van der Waals surface area (Å²) in [5, 5.41) is 0.678. The van der Waals surface area contributed by atoms with Crippen molar-refractivity contribution < 1.29 is 4.74 Å². The molecule has 1 aromatic heterocycles. The predicted octanol–water partition coefficient (Wildman–Crippen LogP) is 3.33. The van der Waals surface area contributed by atoms with Crippen LogP contribution in [-0.2, 0) is 11.3 Å². The molecular weight excluding hydrogens is 262 g/mol. The molecule has 1 aromatic carbocycles. The largest absolute Gasteiger partial charge is 0.381 e. The van der Waals surface area contributed by atoms with Crippen molar-refractivity contribution in [3.05, 3.63) is 23.2 Å². The molecule has 4 nitrogen and oxygen atoms in total. The number of fused-ring (bicyclic) bond motifs is 1. The number of nitrogens with two attached hydrogens (primary N) is 1. The number of halogens is 1. The van der Waals surface area contributed by atoms with Crippen LogP contribution in [0.1, 0.15) is 20.3 Å². The maximum Gasteiger partial charge on any atom is 0.201 e. The van der Waals surface area contributed by atoms with E-state index in [-0.39, 0.29) is 0 Å². The average Bonchev–Trinajstić information content (AvgIpc) is 2.64. The molecule has 5 heteroatoms. The first kappa shape index (κ1) is 14.2. The number of benzene rings is 1. The van der Waals surface area contributed by atoms with Gasteiger partial charge >= 0.3 is 0 Å². The van der Waals surface area contributed by atoms with Crippen LogP contribution in [0, 0.1) is 5.92 Å². The van der Waals surface area contributed by atoms with Crippen LogP contribution < -0.4 is 5.73 Å². The lowest BCUT2D eigenvalue weighted by molar-refractivity contribution is 0.105. The van der Waals surface area contributed by atoms with Crippen molar-refractivity contribution in [2.75, 3.05) is 18.9 Å². The quantitative estimate of drug-likeness (QED) is 0.826. The Morgan fingerprint density at radius 2 is 2.21 bits per heavy atom. The summed E-state index contributed by atoms with van der Waals surface area (Å²) in [5.74, 6) is 1.10. The first-order valence-corrected chi connectivity index (χ1v) is 6.94. The summed E-state index contributed by atoms with van der Waals surface area (Å²) < 4.78 is 7.57. The van der Waals surface area contributed by atoms with Gasteiger partial charge in [0.2, 0.25) is 5.95 Å².